The van der Waals surface area contributed by atoms with Gasteiger partial charge >= 0.3 is 6.03 Å². The number of benzene rings is 1. The summed E-state index contributed by atoms with van der Waals surface area (Å²) in [5.74, 6) is 0.00451. The van der Waals surface area contributed by atoms with E-state index in [4.69, 9.17) is 11.6 Å². The standard InChI is InChI=1S/C18H20ClFN4O/c19-15-10-13(6-8-16(15)20)22-14-7-9-17(21-11-14)24-18(25)23-12-4-2-1-3-5-12/h6-12,22H,1-5H2,(H2,21,23,24,25). The van der Waals surface area contributed by atoms with Gasteiger partial charge in [0.15, 0.2) is 0 Å². The van der Waals surface area contributed by atoms with Crippen molar-refractivity contribution in [2.24, 2.45) is 0 Å². The third-order valence-corrected chi connectivity index (χ3v) is 4.44. The molecule has 0 atom stereocenters. The minimum absolute atomic E-state index is 0.0515. The molecule has 1 aromatic heterocycles. The van der Waals surface area contributed by atoms with Crippen LogP contribution < -0.4 is 16.0 Å². The van der Waals surface area contributed by atoms with Gasteiger partial charge in [-0.1, -0.05) is 30.9 Å². The first-order valence-electron chi connectivity index (χ1n) is 8.36. The number of hydrogen-bond acceptors (Lipinski definition) is 3. The van der Waals surface area contributed by atoms with Crippen LogP contribution >= 0.6 is 11.6 Å². The van der Waals surface area contributed by atoms with Crippen molar-refractivity contribution < 1.29 is 9.18 Å². The van der Waals surface area contributed by atoms with Crippen molar-refractivity contribution in [3.8, 4) is 0 Å². The lowest BCUT2D eigenvalue weighted by atomic mass is 9.96. The van der Waals surface area contributed by atoms with Crippen molar-refractivity contribution in [2.45, 2.75) is 38.1 Å². The van der Waals surface area contributed by atoms with Crippen LogP contribution in [-0.2, 0) is 0 Å². The first-order chi connectivity index (χ1) is 12.1. The van der Waals surface area contributed by atoms with Gasteiger partial charge in [-0.2, -0.15) is 0 Å². The highest BCUT2D eigenvalue weighted by molar-refractivity contribution is 6.31. The number of halogens is 2. The van der Waals surface area contributed by atoms with Crippen molar-refractivity contribution >= 4 is 34.8 Å². The van der Waals surface area contributed by atoms with Crippen LogP contribution in [0, 0.1) is 5.82 Å². The molecule has 0 radical (unpaired) electrons. The molecule has 2 amide bonds. The number of aromatic nitrogens is 1. The van der Waals surface area contributed by atoms with E-state index >= 15 is 0 Å². The lowest BCUT2D eigenvalue weighted by Crippen LogP contribution is -2.39. The van der Waals surface area contributed by atoms with Crippen LogP contribution in [0.2, 0.25) is 5.02 Å². The van der Waals surface area contributed by atoms with Gasteiger partial charge in [0, 0.05) is 11.7 Å². The molecule has 1 saturated carbocycles. The van der Waals surface area contributed by atoms with E-state index < -0.39 is 5.82 Å². The van der Waals surface area contributed by atoms with Crippen molar-refractivity contribution in [3.63, 3.8) is 0 Å². The fourth-order valence-corrected chi connectivity index (χ4v) is 3.05. The SMILES string of the molecule is O=C(Nc1ccc(Nc2ccc(F)c(Cl)c2)cn1)NC1CCCCC1. The molecule has 3 N–H and O–H groups in total. The highest BCUT2D eigenvalue weighted by Gasteiger charge is 2.15. The van der Waals surface area contributed by atoms with E-state index in [0.29, 0.717) is 17.2 Å². The van der Waals surface area contributed by atoms with Crippen LogP contribution in [-0.4, -0.2) is 17.1 Å². The molecular formula is C18H20ClFN4O. The van der Waals surface area contributed by atoms with Gasteiger partial charge in [0.1, 0.15) is 11.6 Å². The zero-order valence-electron chi connectivity index (χ0n) is 13.7. The molecule has 0 spiro atoms. The van der Waals surface area contributed by atoms with Crippen LogP contribution in [0.4, 0.5) is 26.4 Å². The summed E-state index contributed by atoms with van der Waals surface area (Å²) in [5, 5.41) is 8.84. The maximum absolute atomic E-state index is 13.2. The number of carbonyl (C=O) groups excluding carboxylic acids is 1. The van der Waals surface area contributed by atoms with Gasteiger partial charge in [0.2, 0.25) is 0 Å². The minimum Gasteiger partial charge on any atom is -0.354 e. The molecular weight excluding hydrogens is 343 g/mol. The summed E-state index contributed by atoms with van der Waals surface area (Å²) in [6.45, 7) is 0. The summed E-state index contributed by atoms with van der Waals surface area (Å²) in [5.41, 5.74) is 1.37. The second kappa shape index (κ2) is 8.16. The first kappa shape index (κ1) is 17.5. The van der Waals surface area contributed by atoms with E-state index in [9.17, 15) is 9.18 Å². The van der Waals surface area contributed by atoms with Gasteiger partial charge in [0.05, 0.1) is 16.9 Å². The maximum Gasteiger partial charge on any atom is 0.320 e. The Kier molecular flexibility index (Phi) is 5.71. The number of urea groups is 1. The molecule has 1 fully saturated rings. The molecule has 1 aliphatic rings. The third kappa shape index (κ3) is 5.06. The molecule has 1 aliphatic carbocycles. The molecule has 0 unspecified atom stereocenters. The first-order valence-corrected chi connectivity index (χ1v) is 8.73. The summed E-state index contributed by atoms with van der Waals surface area (Å²) in [7, 11) is 0. The number of pyridine rings is 1. The molecule has 3 rings (SSSR count). The van der Waals surface area contributed by atoms with Gasteiger partial charge in [-0.15, -0.1) is 0 Å². The second-order valence-corrected chi connectivity index (χ2v) is 6.53. The summed E-state index contributed by atoms with van der Waals surface area (Å²) in [6.07, 6.45) is 7.23. The predicted octanol–water partition coefficient (Wildman–Crippen LogP) is 5.07. The lowest BCUT2D eigenvalue weighted by molar-refractivity contribution is 0.244. The lowest BCUT2D eigenvalue weighted by Gasteiger charge is -2.22. The van der Waals surface area contributed by atoms with E-state index in [-0.39, 0.29) is 17.1 Å². The molecule has 7 heteroatoms. The average molecular weight is 363 g/mol. The van der Waals surface area contributed by atoms with Crippen LogP contribution in [0.1, 0.15) is 32.1 Å². The third-order valence-electron chi connectivity index (χ3n) is 4.15. The molecule has 132 valence electrons. The van der Waals surface area contributed by atoms with Crippen LogP contribution in [0.15, 0.2) is 36.5 Å². The molecule has 1 aromatic carbocycles. The monoisotopic (exact) mass is 362 g/mol. The second-order valence-electron chi connectivity index (χ2n) is 6.12. The molecule has 1 heterocycles. The van der Waals surface area contributed by atoms with E-state index in [1.54, 1.807) is 24.4 Å². The zero-order chi connectivity index (χ0) is 17.6. The number of nitrogens with one attached hydrogen (secondary N) is 3. The quantitative estimate of drug-likeness (QED) is 0.711. The number of carbonyl (C=O) groups is 1. The van der Waals surface area contributed by atoms with Crippen molar-refractivity contribution in [1.82, 2.24) is 10.3 Å². The Morgan fingerprint density at radius 2 is 1.88 bits per heavy atom. The van der Waals surface area contributed by atoms with Gasteiger partial charge < -0.3 is 10.6 Å². The van der Waals surface area contributed by atoms with Gasteiger partial charge in [0.25, 0.3) is 0 Å². The highest BCUT2D eigenvalue weighted by Crippen LogP contribution is 2.23. The Hall–Kier alpha value is -2.34. The van der Waals surface area contributed by atoms with E-state index in [0.717, 1.165) is 25.7 Å². The molecule has 5 nitrogen and oxygen atoms in total. The van der Waals surface area contributed by atoms with Crippen molar-refractivity contribution in [2.75, 3.05) is 10.6 Å². The molecule has 0 bridgehead atoms. The fourth-order valence-electron chi connectivity index (χ4n) is 2.87. The van der Waals surface area contributed by atoms with Crippen LogP contribution in [0.5, 0.6) is 0 Å². The normalized spacial score (nSPS) is 14.8. The van der Waals surface area contributed by atoms with Crippen LogP contribution in [0.25, 0.3) is 0 Å². The fraction of sp³-hybridized carbons (Fsp3) is 0.333. The topological polar surface area (TPSA) is 66.0 Å². The zero-order valence-corrected chi connectivity index (χ0v) is 14.4. The van der Waals surface area contributed by atoms with Gasteiger partial charge in [-0.3, -0.25) is 5.32 Å². The Morgan fingerprint density at radius 1 is 1.12 bits per heavy atom. The average Bonchev–Trinajstić information content (AvgIpc) is 2.61. The Labute approximate surface area is 151 Å². The number of hydrogen-bond donors (Lipinski definition) is 3. The number of anilines is 3. The van der Waals surface area contributed by atoms with E-state index in [1.165, 1.54) is 18.6 Å². The van der Waals surface area contributed by atoms with Crippen molar-refractivity contribution in [3.05, 3.63) is 47.4 Å². The Balaban J connectivity index is 1.54. The summed E-state index contributed by atoms with van der Waals surface area (Å²) in [4.78, 5) is 16.2. The van der Waals surface area contributed by atoms with E-state index in [2.05, 4.69) is 20.9 Å². The molecule has 0 saturated heterocycles. The van der Waals surface area contributed by atoms with Crippen molar-refractivity contribution in [1.29, 1.82) is 0 Å². The van der Waals surface area contributed by atoms with Crippen LogP contribution in [0.3, 0.4) is 0 Å². The smallest absolute Gasteiger partial charge is 0.320 e. The van der Waals surface area contributed by atoms with Gasteiger partial charge in [-0.25, -0.2) is 14.2 Å². The molecule has 25 heavy (non-hydrogen) atoms. The largest absolute Gasteiger partial charge is 0.354 e. The Morgan fingerprint density at radius 3 is 2.56 bits per heavy atom. The molecule has 0 aliphatic heterocycles. The number of amides is 2. The minimum atomic E-state index is -0.464. The van der Waals surface area contributed by atoms with E-state index in [1.807, 2.05) is 0 Å². The Bertz CT molecular complexity index is 732. The molecule has 2 aromatic rings. The number of rotatable bonds is 4. The van der Waals surface area contributed by atoms with Gasteiger partial charge in [-0.05, 0) is 43.2 Å². The summed E-state index contributed by atoms with van der Waals surface area (Å²) in [6, 6.07) is 7.88. The predicted molar refractivity (Wildman–Crippen MR) is 98.0 cm³/mol. The number of nitrogens with zero attached hydrogens (tertiary/aromatic N) is 1. The highest BCUT2D eigenvalue weighted by atomic mass is 35.5. The summed E-state index contributed by atoms with van der Waals surface area (Å²) >= 11 is 5.76. The maximum atomic E-state index is 13.2. The summed E-state index contributed by atoms with van der Waals surface area (Å²) < 4.78 is 13.2.